The Kier molecular flexibility index (Phi) is 3.43. The van der Waals surface area contributed by atoms with Crippen molar-refractivity contribution in [2.45, 2.75) is 0 Å². The Morgan fingerprint density at radius 3 is 2.20 bits per heavy atom. The maximum Gasteiger partial charge on any atom is 0.336 e. The largest absolute Gasteiger partial charge is 0.478 e. The number of rotatable bonds is 3. The molecule has 0 saturated carbocycles. The summed E-state index contributed by atoms with van der Waals surface area (Å²) < 4.78 is 26.3. The van der Waals surface area contributed by atoms with Gasteiger partial charge in [-0.25, -0.2) is 13.6 Å². The van der Waals surface area contributed by atoms with E-state index in [9.17, 15) is 23.7 Å². The van der Waals surface area contributed by atoms with Gasteiger partial charge in [-0.15, -0.1) is 0 Å². The van der Waals surface area contributed by atoms with Crippen LogP contribution in [0.15, 0.2) is 36.4 Å². The highest BCUT2D eigenvalue weighted by molar-refractivity contribution is 5.96. The van der Waals surface area contributed by atoms with Crippen LogP contribution in [0.5, 0.6) is 0 Å². The normalized spacial score (nSPS) is 10.3. The molecule has 0 aliphatic heterocycles. The predicted molar refractivity (Wildman–Crippen MR) is 65.4 cm³/mol. The Balaban J connectivity index is 2.67. The maximum absolute atomic E-state index is 13.2. The first kappa shape index (κ1) is 13.6. The Bertz CT molecular complexity index is 695. The molecule has 1 N–H and O–H groups in total. The average Bonchev–Trinajstić information content (AvgIpc) is 2.36. The number of halogens is 2. The topological polar surface area (TPSA) is 80.4 Å². The fourth-order valence-corrected chi connectivity index (χ4v) is 1.78. The summed E-state index contributed by atoms with van der Waals surface area (Å²) in [6.45, 7) is 0. The fourth-order valence-electron chi connectivity index (χ4n) is 1.78. The highest BCUT2D eigenvalue weighted by atomic mass is 19.1. The molecule has 0 aromatic heterocycles. The number of nitrogens with zero attached hydrogens (tertiary/aromatic N) is 1. The molecule has 0 heterocycles. The molecule has 102 valence electrons. The molecule has 0 radical (unpaired) electrons. The number of aromatic carboxylic acids is 1. The van der Waals surface area contributed by atoms with Crippen molar-refractivity contribution in [1.82, 2.24) is 0 Å². The van der Waals surface area contributed by atoms with Crippen LogP contribution < -0.4 is 0 Å². The van der Waals surface area contributed by atoms with Crippen molar-refractivity contribution in [2.75, 3.05) is 0 Å². The minimum atomic E-state index is -1.42. The summed E-state index contributed by atoms with van der Waals surface area (Å²) in [5.41, 5.74) is -0.816. The van der Waals surface area contributed by atoms with Crippen LogP contribution >= 0.6 is 0 Å². The van der Waals surface area contributed by atoms with Crippen molar-refractivity contribution in [3.8, 4) is 11.1 Å². The van der Waals surface area contributed by atoms with Gasteiger partial charge in [0.15, 0.2) is 0 Å². The summed E-state index contributed by atoms with van der Waals surface area (Å²) in [6.07, 6.45) is 0. The molecule has 0 aliphatic rings. The van der Waals surface area contributed by atoms with Crippen LogP contribution in [0, 0.1) is 21.7 Å². The Morgan fingerprint density at radius 1 is 1.10 bits per heavy atom. The third kappa shape index (κ3) is 2.61. The second kappa shape index (κ2) is 5.04. The summed E-state index contributed by atoms with van der Waals surface area (Å²) in [4.78, 5) is 21.0. The molecule has 0 unspecified atom stereocenters. The summed E-state index contributed by atoms with van der Waals surface area (Å²) in [5.74, 6) is -3.15. The number of carboxylic acid groups (broad SMARTS) is 1. The molecule has 0 aliphatic carbocycles. The van der Waals surface area contributed by atoms with Gasteiger partial charge in [0.05, 0.1) is 10.5 Å². The van der Waals surface area contributed by atoms with E-state index in [1.807, 2.05) is 0 Å². The van der Waals surface area contributed by atoms with Gasteiger partial charge in [-0.05, 0) is 29.3 Å². The molecule has 0 fully saturated rings. The number of non-ortho nitro benzene ring substituents is 1. The zero-order valence-electron chi connectivity index (χ0n) is 9.84. The third-order valence-corrected chi connectivity index (χ3v) is 2.62. The van der Waals surface area contributed by atoms with Crippen molar-refractivity contribution >= 4 is 11.7 Å². The smallest absolute Gasteiger partial charge is 0.336 e. The maximum atomic E-state index is 13.2. The van der Waals surface area contributed by atoms with Crippen molar-refractivity contribution in [1.29, 1.82) is 0 Å². The number of benzene rings is 2. The van der Waals surface area contributed by atoms with Gasteiger partial charge in [-0.2, -0.15) is 0 Å². The Hall–Kier alpha value is -2.83. The fraction of sp³-hybridized carbons (Fsp3) is 0. The standard InChI is InChI=1S/C13H7F2NO4/c14-8-3-7(4-9(15)5-8)11-2-1-10(16(19)20)6-12(11)13(17)18/h1-6H,(H,17,18). The lowest BCUT2D eigenvalue weighted by Gasteiger charge is -2.07. The number of nitro benzene ring substituents is 1. The van der Waals surface area contributed by atoms with Gasteiger partial charge in [-0.1, -0.05) is 0 Å². The first-order valence-electron chi connectivity index (χ1n) is 5.36. The lowest BCUT2D eigenvalue weighted by atomic mass is 9.99. The average molecular weight is 279 g/mol. The van der Waals surface area contributed by atoms with Crippen molar-refractivity contribution in [2.24, 2.45) is 0 Å². The zero-order valence-corrected chi connectivity index (χ0v) is 9.84. The molecule has 7 heteroatoms. The van der Waals surface area contributed by atoms with Crippen LogP contribution in [0.4, 0.5) is 14.5 Å². The molecular weight excluding hydrogens is 272 g/mol. The van der Waals surface area contributed by atoms with Crippen LogP contribution in [0.25, 0.3) is 11.1 Å². The summed E-state index contributed by atoms with van der Waals surface area (Å²) in [5, 5.41) is 19.7. The van der Waals surface area contributed by atoms with E-state index in [0.717, 1.165) is 30.3 Å². The second-order valence-corrected chi connectivity index (χ2v) is 3.95. The lowest BCUT2D eigenvalue weighted by molar-refractivity contribution is -0.384. The van der Waals surface area contributed by atoms with E-state index in [1.54, 1.807) is 0 Å². The van der Waals surface area contributed by atoms with Crippen molar-refractivity contribution < 1.29 is 23.6 Å². The van der Waals surface area contributed by atoms with E-state index in [4.69, 9.17) is 5.11 Å². The number of hydrogen-bond acceptors (Lipinski definition) is 3. The Labute approximate surface area is 111 Å². The molecule has 0 saturated heterocycles. The highest BCUT2D eigenvalue weighted by Gasteiger charge is 2.17. The molecule has 0 bridgehead atoms. The number of hydrogen-bond donors (Lipinski definition) is 1. The van der Waals surface area contributed by atoms with Crippen LogP contribution in [-0.4, -0.2) is 16.0 Å². The van der Waals surface area contributed by atoms with E-state index in [0.29, 0.717) is 6.07 Å². The van der Waals surface area contributed by atoms with E-state index in [2.05, 4.69) is 0 Å². The van der Waals surface area contributed by atoms with E-state index in [1.165, 1.54) is 0 Å². The van der Waals surface area contributed by atoms with E-state index < -0.39 is 33.8 Å². The van der Waals surface area contributed by atoms with Crippen molar-refractivity contribution in [3.63, 3.8) is 0 Å². The monoisotopic (exact) mass is 279 g/mol. The van der Waals surface area contributed by atoms with Gasteiger partial charge < -0.3 is 5.11 Å². The molecular formula is C13H7F2NO4. The number of nitro groups is 1. The molecule has 2 rings (SSSR count). The molecule has 20 heavy (non-hydrogen) atoms. The first-order valence-corrected chi connectivity index (χ1v) is 5.36. The van der Waals surface area contributed by atoms with Gasteiger partial charge in [0.1, 0.15) is 11.6 Å². The Morgan fingerprint density at radius 2 is 1.70 bits per heavy atom. The van der Waals surface area contributed by atoms with Gasteiger partial charge >= 0.3 is 5.97 Å². The third-order valence-electron chi connectivity index (χ3n) is 2.62. The molecule has 0 atom stereocenters. The summed E-state index contributed by atoms with van der Waals surface area (Å²) >= 11 is 0. The molecule has 0 spiro atoms. The predicted octanol–water partition coefficient (Wildman–Crippen LogP) is 3.24. The van der Waals surface area contributed by atoms with Crippen LogP contribution in [-0.2, 0) is 0 Å². The van der Waals surface area contributed by atoms with E-state index in [-0.39, 0.29) is 11.1 Å². The minimum Gasteiger partial charge on any atom is -0.478 e. The van der Waals surface area contributed by atoms with Gasteiger partial charge in [0.25, 0.3) is 5.69 Å². The van der Waals surface area contributed by atoms with Gasteiger partial charge in [0.2, 0.25) is 0 Å². The minimum absolute atomic E-state index is 0.00139. The summed E-state index contributed by atoms with van der Waals surface area (Å²) in [7, 11) is 0. The molecule has 0 amide bonds. The number of carboxylic acids is 1. The van der Waals surface area contributed by atoms with E-state index >= 15 is 0 Å². The van der Waals surface area contributed by atoms with Crippen LogP contribution in [0.3, 0.4) is 0 Å². The zero-order chi connectivity index (χ0) is 14.9. The van der Waals surface area contributed by atoms with Crippen LogP contribution in [0.2, 0.25) is 0 Å². The SMILES string of the molecule is O=C(O)c1cc([N+](=O)[O-])ccc1-c1cc(F)cc(F)c1. The van der Waals surface area contributed by atoms with Gasteiger partial charge in [0, 0.05) is 18.2 Å². The quantitative estimate of drug-likeness (QED) is 0.690. The molecule has 2 aromatic rings. The molecule has 5 nitrogen and oxygen atoms in total. The van der Waals surface area contributed by atoms with Gasteiger partial charge in [-0.3, -0.25) is 10.1 Å². The van der Waals surface area contributed by atoms with Crippen molar-refractivity contribution in [3.05, 3.63) is 63.7 Å². The summed E-state index contributed by atoms with van der Waals surface area (Å²) in [6, 6.07) is 5.63. The first-order chi connectivity index (χ1) is 9.38. The van der Waals surface area contributed by atoms with Crippen LogP contribution in [0.1, 0.15) is 10.4 Å². The highest BCUT2D eigenvalue weighted by Crippen LogP contribution is 2.28. The molecule has 2 aromatic carbocycles. The lowest BCUT2D eigenvalue weighted by Crippen LogP contribution is -2.01. The second-order valence-electron chi connectivity index (χ2n) is 3.95. The number of carbonyl (C=O) groups is 1.